The van der Waals surface area contributed by atoms with E-state index in [1.54, 1.807) is 0 Å². The lowest BCUT2D eigenvalue weighted by Crippen LogP contribution is -2.35. The van der Waals surface area contributed by atoms with Gasteiger partial charge in [0.2, 0.25) is 5.91 Å². The Kier molecular flexibility index (Phi) is 4.96. The maximum Gasteiger partial charge on any atom is 0.224 e. The number of carbonyl (C=O) groups excluding carboxylic acids is 1. The molecule has 0 fully saturated rings. The third-order valence-corrected chi connectivity index (χ3v) is 3.44. The number of amides is 1. The third-order valence-electron chi connectivity index (χ3n) is 3.44. The van der Waals surface area contributed by atoms with E-state index >= 15 is 0 Å². The van der Waals surface area contributed by atoms with Gasteiger partial charge in [-0.2, -0.15) is 5.10 Å². The van der Waals surface area contributed by atoms with E-state index in [9.17, 15) is 9.90 Å². The van der Waals surface area contributed by atoms with Crippen LogP contribution < -0.4 is 10.7 Å². The second kappa shape index (κ2) is 6.72. The summed E-state index contributed by atoms with van der Waals surface area (Å²) in [5.41, 5.74) is 5.43. The smallest absolute Gasteiger partial charge is 0.224 e. The van der Waals surface area contributed by atoms with Crippen LogP contribution in [0.1, 0.15) is 39.2 Å². The van der Waals surface area contributed by atoms with E-state index in [4.69, 9.17) is 0 Å². The van der Waals surface area contributed by atoms with Crippen LogP contribution in [-0.2, 0) is 4.79 Å². The third kappa shape index (κ3) is 4.29. The van der Waals surface area contributed by atoms with Gasteiger partial charge in [-0.3, -0.25) is 10.2 Å². The molecule has 0 bridgehead atoms. The second-order valence-corrected chi connectivity index (χ2v) is 6.00. The summed E-state index contributed by atoms with van der Waals surface area (Å²) in [6.07, 6.45) is 0.595. The molecule has 2 atom stereocenters. The van der Waals surface area contributed by atoms with Crippen LogP contribution in [0.25, 0.3) is 0 Å². The normalized spacial score (nSPS) is 21.7. The number of aliphatic hydroxyl groups excluding tert-OH is 1. The van der Waals surface area contributed by atoms with E-state index in [1.165, 1.54) is 0 Å². The number of hydrazone groups is 1. The molecule has 0 saturated carbocycles. The molecule has 3 N–H and O–H groups in total. The Balaban J connectivity index is 2.04. The number of hydrogen-bond acceptors (Lipinski definition) is 4. The average molecular weight is 289 g/mol. The highest BCUT2D eigenvalue weighted by atomic mass is 16.3. The zero-order valence-corrected chi connectivity index (χ0v) is 12.8. The first kappa shape index (κ1) is 15.5. The number of rotatable bonds is 4. The highest BCUT2D eigenvalue weighted by Crippen LogP contribution is 2.20. The fourth-order valence-corrected chi connectivity index (χ4v) is 2.41. The Bertz CT molecular complexity index is 523. The number of anilines is 1. The Labute approximate surface area is 125 Å². The topological polar surface area (TPSA) is 73.7 Å². The van der Waals surface area contributed by atoms with Crippen LogP contribution in [0.5, 0.6) is 0 Å². The summed E-state index contributed by atoms with van der Waals surface area (Å²) in [6, 6.07) is 7.65. The van der Waals surface area contributed by atoms with Crippen molar-refractivity contribution in [2.75, 3.05) is 5.32 Å². The summed E-state index contributed by atoms with van der Waals surface area (Å²) in [5.74, 6) is 0.577. The van der Waals surface area contributed by atoms with Gasteiger partial charge in [-0.1, -0.05) is 32.9 Å². The van der Waals surface area contributed by atoms with Gasteiger partial charge in [-0.25, -0.2) is 0 Å². The van der Waals surface area contributed by atoms with Crippen molar-refractivity contribution in [1.82, 2.24) is 5.43 Å². The zero-order chi connectivity index (χ0) is 15.4. The van der Waals surface area contributed by atoms with Crippen molar-refractivity contribution in [3.8, 4) is 0 Å². The molecule has 0 aromatic heterocycles. The van der Waals surface area contributed by atoms with Crippen LogP contribution in [0.2, 0.25) is 0 Å². The molecule has 0 aliphatic carbocycles. The molecule has 0 spiro atoms. The summed E-state index contributed by atoms with van der Waals surface area (Å²) in [4.78, 5) is 11.7. The molecule has 5 heteroatoms. The Morgan fingerprint density at radius 1 is 1.43 bits per heavy atom. The van der Waals surface area contributed by atoms with Crippen molar-refractivity contribution in [3.63, 3.8) is 0 Å². The lowest BCUT2D eigenvalue weighted by atomic mass is 9.93. The Morgan fingerprint density at radius 2 is 2.10 bits per heavy atom. The van der Waals surface area contributed by atoms with Crippen molar-refractivity contribution in [2.45, 2.75) is 39.8 Å². The van der Waals surface area contributed by atoms with Crippen LogP contribution in [-0.4, -0.2) is 23.0 Å². The Morgan fingerprint density at radius 3 is 2.67 bits per heavy atom. The van der Waals surface area contributed by atoms with Gasteiger partial charge in [-0.15, -0.1) is 0 Å². The van der Waals surface area contributed by atoms with Gasteiger partial charge in [0.25, 0.3) is 0 Å². The maximum absolute atomic E-state index is 11.7. The fourth-order valence-electron chi connectivity index (χ4n) is 2.41. The van der Waals surface area contributed by atoms with Gasteiger partial charge >= 0.3 is 0 Å². The molecular weight excluding hydrogens is 266 g/mol. The standard InChI is InChI=1S/C16H23N3O2/c1-10(2)8-14(20)17-13-6-4-12(5-7-13)16-11(3)9-15(21)18-19-16/h4-7,10-11,15,18,21H,8-9H2,1-3H3,(H,17,20). The summed E-state index contributed by atoms with van der Waals surface area (Å²) in [6.45, 7) is 6.08. The number of carbonyl (C=O) groups is 1. The highest BCUT2D eigenvalue weighted by Gasteiger charge is 2.21. The highest BCUT2D eigenvalue weighted by molar-refractivity contribution is 6.02. The zero-order valence-electron chi connectivity index (χ0n) is 12.8. The van der Waals surface area contributed by atoms with E-state index in [2.05, 4.69) is 15.8 Å². The molecule has 2 rings (SSSR count). The van der Waals surface area contributed by atoms with Gasteiger partial charge in [0.1, 0.15) is 6.23 Å². The minimum Gasteiger partial charge on any atom is -0.372 e. The van der Waals surface area contributed by atoms with E-state index < -0.39 is 6.23 Å². The largest absolute Gasteiger partial charge is 0.372 e. The summed E-state index contributed by atoms with van der Waals surface area (Å²) >= 11 is 0. The molecule has 1 aliphatic heterocycles. The van der Waals surface area contributed by atoms with E-state index in [0.29, 0.717) is 18.8 Å². The van der Waals surface area contributed by atoms with E-state index in [-0.39, 0.29) is 11.8 Å². The minimum atomic E-state index is -0.571. The maximum atomic E-state index is 11.7. The van der Waals surface area contributed by atoms with Crippen molar-refractivity contribution in [2.24, 2.45) is 16.9 Å². The first-order chi connectivity index (χ1) is 9.95. The van der Waals surface area contributed by atoms with Crippen molar-refractivity contribution in [1.29, 1.82) is 0 Å². The summed E-state index contributed by atoms with van der Waals surface area (Å²) in [5, 5.41) is 16.6. The summed E-state index contributed by atoms with van der Waals surface area (Å²) < 4.78 is 0. The van der Waals surface area contributed by atoms with Crippen molar-refractivity contribution >= 4 is 17.3 Å². The van der Waals surface area contributed by atoms with Crippen LogP contribution in [0, 0.1) is 11.8 Å². The number of nitrogens with zero attached hydrogens (tertiary/aromatic N) is 1. The van der Waals surface area contributed by atoms with Gasteiger partial charge in [0.05, 0.1) is 5.71 Å². The average Bonchev–Trinajstić information content (AvgIpc) is 2.39. The molecule has 0 saturated heterocycles. The van der Waals surface area contributed by atoms with Gasteiger partial charge in [0, 0.05) is 24.4 Å². The fraction of sp³-hybridized carbons (Fsp3) is 0.500. The molecule has 1 aliphatic rings. The monoisotopic (exact) mass is 289 g/mol. The lowest BCUT2D eigenvalue weighted by molar-refractivity contribution is -0.116. The van der Waals surface area contributed by atoms with Crippen molar-refractivity contribution in [3.05, 3.63) is 29.8 Å². The van der Waals surface area contributed by atoms with Gasteiger partial charge in [-0.05, 0) is 23.6 Å². The predicted molar refractivity (Wildman–Crippen MR) is 84.0 cm³/mol. The molecule has 0 radical (unpaired) electrons. The molecule has 21 heavy (non-hydrogen) atoms. The van der Waals surface area contributed by atoms with Gasteiger partial charge in [0.15, 0.2) is 0 Å². The van der Waals surface area contributed by atoms with Crippen LogP contribution in [0.4, 0.5) is 5.69 Å². The molecule has 5 nitrogen and oxygen atoms in total. The predicted octanol–water partition coefficient (Wildman–Crippen LogP) is 2.32. The summed E-state index contributed by atoms with van der Waals surface area (Å²) in [7, 11) is 0. The lowest BCUT2D eigenvalue weighted by Gasteiger charge is -2.24. The molecule has 1 amide bonds. The van der Waals surface area contributed by atoms with E-state index in [1.807, 2.05) is 45.0 Å². The quantitative estimate of drug-likeness (QED) is 0.796. The molecule has 1 aromatic carbocycles. The number of benzene rings is 1. The first-order valence-corrected chi connectivity index (χ1v) is 7.37. The molecule has 1 aromatic rings. The Hall–Kier alpha value is -1.88. The van der Waals surface area contributed by atoms with Crippen LogP contribution >= 0.6 is 0 Å². The van der Waals surface area contributed by atoms with Gasteiger partial charge < -0.3 is 10.4 Å². The first-order valence-electron chi connectivity index (χ1n) is 7.37. The minimum absolute atomic E-state index is 0.0333. The van der Waals surface area contributed by atoms with Crippen LogP contribution in [0.15, 0.2) is 29.4 Å². The molecule has 2 unspecified atom stereocenters. The second-order valence-electron chi connectivity index (χ2n) is 6.00. The molecule has 1 heterocycles. The molecular formula is C16H23N3O2. The SMILES string of the molecule is CC(C)CC(=O)Nc1ccc(C2=NNC(O)CC2C)cc1. The van der Waals surface area contributed by atoms with Crippen LogP contribution in [0.3, 0.4) is 0 Å². The number of hydrogen-bond donors (Lipinski definition) is 3. The van der Waals surface area contributed by atoms with E-state index in [0.717, 1.165) is 17.0 Å². The number of aliphatic hydroxyl groups is 1. The molecule has 114 valence electrons. The number of nitrogens with one attached hydrogen (secondary N) is 2. The van der Waals surface area contributed by atoms with Crippen molar-refractivity contribution < 1.29 is 9.90 Å².